The fourth-order valence-electron chi connectivity index (χ4n) is 7.41. The molecule has 11 amide bonds. The Morgan fingerprint density at radius 3 is 1.51 bits per heavy atom. The number of unbranched alkanes of at least 4 members (excludes halogenated alkanes) is 1. The number of benzene rings is 2. The van der Waals surface area contributed by atoms with Crippen molar-refractivity contribution in [1.82, 2.24) is 47.9 Å². The number of thioether (sulfide) groups is 1. The highest BCUT2D eigenvalue weighted by molar-refractivity contribution is 7.98. The number of primary amides is 2. The van der Waals surface area contributed by atoms with Crippen molar-refractivity contribution in [2.75, 3.05) is 38.2 Å². The van der Waals surface area contributed by atoms with Gasteiger partial charge in [0.05, 0.1) is 19.7 Å². The van der Waals surface area contributed by atoms with Gasteiger partial charge in [0.15, 0.2) is 0 Å². The first kappa shape index (κ1) is 65.0. The molecule has 420 valence electrons. The molecule has 76 heavy (non-hydrogen) atoms. The maximum absolute atomic E-state index is 14.4. The number of carbonyl (C=O) groups excluding carboxylic acids is 11. The minimum atomic E-state index is -1.71. The summed E-state index contributed by atoms with van der Waals surface area (Å²) in [7, 11) is 0. The molecular formula is C50H77N13O12S. The molecule has 26 heteroatoms. The predicted molar refractivity (Wildman–Crippen MR) is 284 cm³/mol. The molecule has 0 fully saturated rings. The van der Waals surface area contributed by atoms with E-state index in [2.05, 4.69) is 47.9 Å². The van der Waals surface area contributed by atoms with Gasteiger partial charge in [-0.25, -0.2) is 0 Å². The van der Waals surface area contributed by atoms with Crippen molar-refractivity contribution in [2.45, 2.75) is 127 Å². The van der Waals surface area contributed by atoms with Gasteiger partial charge in [-0.15, -0.1) is 0 Å². The van der Waals surface area contributed by atoms with Crippen LogP contribution in [0, 0.1) is 5.92 Å². The summed E-state index contributed by atoms with van der Waals surface area (Å²) in [6.45, 7) is 3.27. The van der Waals surface area contributed by atoms with E-state index in [1.165, 1.54) is 18.7 Å². The number of rotatable bonds is 36. The SMILES string of the molecule is CSCC[C@H](NC(=O)[C@H](CC(C)C)NC(=O)CNC(=O)[C@H](Cc1ccccc1)NC(=O)[C@H](Cc1ccccc1)NC(=O)[C@H](CCC(N)=O)NC(=O)[C@H](CO)NC(=O)[C@H](C)NC(=O)[C@H](CCCCN)NC(=O)CN)C(N)=O. The molecule has 0 bridgehead atoms. The third kappa shape index (κ3) is 24.9. The zero-order valence-electron chi connectivity index (χ0n) is 43.5. The molecule has 2 rings (SSSR count). The van der Waals surface area contributed by atoms with E-state index >= 15 is 0 Å². The lowest BCUT2D eigenvalue weighted by Crippen LogP contribution is -2.60. The van der Waals surface area contributed by atoms with Crippen molar-refractivity contribution in [3.63, 3.8) is 0 Å². The van der Waals surface area contributed by atoms with Crippen LogP contribution in [0.4, 0.5) is 0 Å². The number of hydrogen-bond acceptors (Lipinski definition) is 15. The molecule has 0 spiro atoms. The van der Waals surface area contributed by atoms with Gasteiger partial charge in [0.2, 0.25) is 65.0 Å². The highest BCUT2D eigenvalue weighted by Crippen LogP contribution is 2.11. The van der Waals surface area contributed by atoms with Gasteiger partial charge < -0.3 is 75.9 Å². The second-order valence-electron chi connectivity index (χ2n) is 18.4. The van der Waals surface area contributed by atoms with Crippen molar-refractivity contribution in [3.8, 4) is 0 Å². The summed E-state index contributed by atoms with van der Waals surface area (Å²) in [5.41, 5.74) is 23.0. The first-order valence-electron chi connectivity index (χ1n) is 25.0. The first-order valence-corrected chi connectivity index (χ1v) is 26.4. The number of nitrogens with one attached hydrogen (secondary N) is 9. The third-order valence-electron chi connectivity index (χ3n) is 11.5. The van der Waals surface area contributed by atoms with Gasteiger partial charge in [-0.2, -0.15) is 11.8 Å². The molecule has 0 heterocycles. The van der Waals surface area contributed by atoms with Crippen LogP contribution in [-0.2, 0) is 65.6 Å². The number of amides is 11. The Morgan fingerprint density at radius 1 is 0.526 bits per heavy atom. The van der Waals surface area contributed by atoms with E-state index in [-0.39, 0.29) is 38.0 Å². The summed E-state index contributed by atoms with van der Waals surface area (Å²) < 4.78 is 0. The number of carbonyl (C=O) groups is 11. The fraction of sp³-hybridized carbons (Fsp3) is 0.540. The Labute approximate surface area is 446 Å². The molecular weight excluding hydrogens is 1010 g/mol. The Balaban J connectivity index is 2.36. The summed E-state index contributed by atoms with van der Waals surface area (Å²) in [5, 5.41) is 32.8. The van der Waals surface area contributed by atoms with Crippen molar-refractivity contribution in [1.29, 1.82) is 0 Å². The highest BCUT2D eigenvalue weighted by atomic mass is 32.2. The van der Waals surface area contributed by atoms with E-state index in [4.69, 9.17) is 22.9 Å². The van der Waals surface area contributed by atoms with Gasteiger partial charge in [-0.3, -0.25) is 52.7 Å². The van der Waals surface area contributed by atoms with Crippen LogP contribution in [0.25, 0.3) is 0 Å². The Morgan fingerprint density at radius 2 is 1.00 bits per heavy atom. The van der Waals surface area contributed by atoms with Gasteiger partial charge in [-0.05, 0) is 81.0 Å². The molecule has 0 saturated heterocycles. The van der Waals surface area contributed by atoms with Gasteiger partial charge >= 0.3 is 0 Å². The highest BCUT2D eigenvalue weighted by Gasteiger charge is 2.34. The molecule has 0 aliphatic heterocycles. The van der Waals surface area contributed by atoms with Crippen LogP contribution in [-0.4, -0.2) is 157 Å². The van der Waals surface area contributed by atoms with Crippen LogP contribution in [0.5, 0.6) is 0 Å². The second-order valence-corrected chi connectivity index (χ2v) is 19.3. The van der Waals surface area contributed by atoms with Gasteiger partial charge in [0.1, 0.15) is 48.3 Å². The largest absolute Gasteiger partial charge is 0.394 e. The zero-order valence-corrected chi connectivity index (χ0v) is 44.3. The van der Waals surface area contributed by atoms with Crippen LogP contribution in [0.2, 0.25) is 0 Å². The van der Waals surface area contributed by atoms with E-state index in [0.29, 0.717) is 36.3 Å². The van der Waals surface area contributed by atoms with Crippen molar-refractivity contribution in [3.05, 3.63) is 71.8 Å². The summed E-state index contributed by atoms with van der Waals surface area (Å²) in [5.74, 6) is -8.59. The van der Waals surface area contributed by atoms with Gasteiger partial charge in [0.25, 0.3) is 0 Å². The summed E-state index contributed by atoms with van der Waals surface area (Å²) in [6.07, 6.45) is 2.39. The lowest BCUT2D eigenvalue weighted by molar-refractivity contribution is -0.136. The average molecular weight is 1080 g/mol. The molecule has 0 radical (unpaired) electrons. The molecule has 25 nitrogen and oxygen atoms in total. The second kappa shape index (κ2) is 35.2. The molecule has 8 atom stereocenters. The number of hydrogen-bond donors (Lipinski definition) is 14. The Hall–Kier alpha value is -7.16. The van der Waals surface area contributed by atoms with E-state index in [9.17, 15) is 57.8 Å². The molecule has 2 aromatic carbocycles. The summed E-state index contributed by atoms with van der Waals surface area (Å²) in [4.78, 5) is 145. The first-order chi connectivity index (χ1) is 36.1. The summed E-state index contributed by atoms with van der Waals surface area (Å²) in [6, 6.07) is 6.44. The monoisotopic (exact) mass is 1080 g/mol. The van der Waals surface area contributed by atoms with E-state index < -0.39 is 146 Å². The Kier molecular flexibility index (Phi) is 30.1. The van der Waals surface area contributed by atoms with E-state index in [1.54, 1.807) is 60.7 Å². The van der Waals surface area contributed by atoms with Crippen molar-refractivity contribution < 1.29 is 57.8 Å². The zero-order chi connectivity index (χ0) is 56.7. The topological polar surface area (TPSA) is 420 Å². The smallest absolute Gasteiger partial charge is 0.245 e. The summed E-state index contributed by atoms with van der Waals surface area (Å²) >= 11 is 1.46. The van der Waals surface area contributed by atoms with Crippen molar-refractivity contribution in [2.24, 2.45) is 28.9 Å². The lowest BCUT2D eigenvalue weighted by Gasteiger charge is -2.27. The van der Waals surface area contributed by atoms with Gasteiger partial charge in [-0.1, -0.05) is 74.5 Å². The standard InChI is InChI=1S/C50H77N13O12S/c1-29(2)23-36(48(73)59-33(43(54)68)20-22-76-4)58-42(67)27-55-45(70)37(24-31-13-7-5-8-14-31)61-49(74)38(25-32-15-9-6-10-16-32)62-47(72)35(18-19-40(53)65)60-50(75)39(28-64)63-44(69)30(3)56-46(71)34(17-11-12-21-51)57-41(66)26-52/h5-10,13-16,29-30,33-39,64H,11-12,17-28,51-52H2,1-4H3,(H2,53,65)(H2,54,68)(H,55,70)(H,56,71)(H,57,66)(H,58,67)(H,59,73)(H,60,75)(H,61,74)(H,62,72)(H,63,69)/t30-,33-,34-,35-,36-,37-,38-,39-/m0/s1. The molecule has 0 aromatic heterocycles. The quantitative estimate of drug-likeness (QED) is 0.0290. The molecule has 18 N–H and O–H groups in total. The van der Waals surface area contributed by atoms with Crippen LogP contribution >= 0.6 is 11.8 Å². The maximum atomic E-state index is 14.4. The third-order valence-corrected chi connectivity index (χ3v) is 12.2. The number of aliphatic hydroxyl groups is 1. The fourth-order valence-corrected chi connectivity index (χ4v) is 7.88. The number of aliphatic hydroxyl groups excluding tert-OH is 1. The maximum Gasteiger partial charge on any atom is 0.245 e. The molecule has 0 aliphatic rings. The van der Waals surface area contributed by atoms with Crippen LogP contribution in [0.3, 0.4) is 0 Å². The molecule has 2 aromatic rings. The van der Waals surface area contributed by atoms with Gasteiger partial charge in [0, 0.05) is 19.3 Å². The minimum absolute atomic E-state index is 0.0773. The predicted octanol–water partition coefficient (Wildman–Crippen LogP) is -3.88. The van der Waals surface area contributed by atoms with Crippen LogP contribution < -0.4 is 70.8 Å². The van der Waals surface area contributed by atoms with E-state index in [0.717, 1.165) is 0 Å². The number of nitrogens with two attached hydrogens (primary N) is 4. The normalized spacial score (nSPS) is 14.1. The van der Waals surface area contributed by atoms with Crippen LogP contribution in [0.1, 0.15) is 76.8 Å². The molecule has 0 aliphatic carbocycles. The average Bonchev–Trinajstić information content (AvgIpc) is 3.38. The lowest BCUT2D eigenvalue weighted by atomic mass is 10.0. The van der Waals surface area contributed by atoms with E-state index in [1.807, 2.05) is 20.1 Å². The van der Waals surface area contributed by atoms with Crippen LogP contribution in [0.15, 0.2) is 60.7 Å². The minimum Gasteiger partial charge on any atom is -0.394 e. The Bertz CT molecular complexity index is 2250. The van der Waals surface area contributed by atoms with Crippen molar-refractivity contribution >= 4 is 76.7 Å². The molecule has 0 saturated carbocycles. The molecule has 0 unspecified atom stereocenters.